The molecule has 2 heterocycles. The second-order valence-corrected chi connectivity index (χ2v) is 8.70. The Kier molecular flexibility index (Phi) is 6.30. The molecule has 2 aliphatic heterocycles. The molecule has 0 aliphatic carbocycles. The van der Waals surface area contributed by atoms with Crippen LogP contribution in [0.25, 0.3) is 0 Å². The molecule has 0 N–H and O–H groups in total. The normalized spacial score (nSPS) is 17.3. The van der Waals surface area contributed by atoms with Crippen LogP contribution in [0, 0.1) is 0 Å². The number of rotatable bonds is 3. The number of hydrogen-bond acceptors (Lipinski definition) is 5. The maximum absolute atomic E-state index is 13.3. The van der Waals surface area contributed by atoms with Crippen molar-refractivity contribution < 1.29 is 27.4 Å². The number of halogens is 3. The van der Waals surface area contributed by atoms with E-state index in [0.29, 0.717) is 48.2 Å². The van der Waals surface area contributed by atoms with Crippen LogP contribution >= 0.6 is 0 Å². The molecule has 9 heteroatoms. The minimum Gasteiger partial charge on any atom is -0.484 e. The molecular weight excluding hydrogens is 471 g/mol. The van der Waals surface area contributed by atoms with E-state index in [0.717, 1.165) is 12.1 Å². The van der Waals surface area contributed by atoms with Crippen LogP contribution in [0.4, 0.5) is 18.9 Å². The minimum atomic E-state index is -4.49. The zero-order valence-corrected chi connectivity index (χ0v) is 19.5. The average molecular weight is 496 g/mol. The molecule has 3 aromatic rings. The Bertz CT molecular complexity index is 1290. The molecule has 0 unspecified atom stereocenters. The number of amidine groups is 1. The molecule has 1 amide bonds. The Hall–Kier alpha value is -4.01. The van der Waals surface area contributed by atoms with E-state index >= 15 is 0 Å². The Morgan fingerprint density at radius 1 is 1.03 bits per heavy atom. The number of nitrogens with zero attached hydrogens (tertiary/aromatic N) is 3. The van der Waals surface area contributed by atoms with Gasteiger partial charge in [0.1, 0.15) is 23.0 Å². The first-order valence-electron chi connectivity index (χ1n) is 11.6. The summed E-state index contributed by atoms with van der Waals surface area (Å²) < 4.78 is 51.4. The maximum Gasteiger partial charge on any atom is 0.416 e. The van der Waals surface area contributed by atoms with Gasteiger partial charge >= 0.3 is 6.18 Å². The molecule has 0 radical (unpaired) electrons. The third kappa shape index (κ3) is 4.86. The first kappa shape index (κ1) is 23.7. The summed E-state index contributed by atoms with van der Waals surface area (Å²) >= 11 is 0. The highest BCUT2D eigenvalue weighted by Crippen LogP contribution is 2.42. The van der Waals surface area contributed by atoms with Crippen molar-refractivity contribution in [1.29, 1.82) is 0 Å². The SMILES string of the molecule is C[C@@H]1CN(C2=Nc3ccc(C(F)(F)F)cc3Oc3ccccc32)CCN1C(=O)COc1ccccc1. The average Bonchev–Trinajstić information content (AvgIpc) is 3.03. The standard InChI is InChI=1S/C27H24F3N3O3/c1-18-16-32(13-14-33(18)25(34)17-35-20-7-3-2-4-8-20)26-21-9-5-6-10-23(21)36-24-15-19(27(28,29)30)11-12-22(24)31-26/h2-12,15,18H,13-14,16-17H2,1H3/t18-/m1/s1. The molecule has 186 valence electrons. The number of carbonyl (C=O) groups excluding carboxylic acids is 1. The van der Waals surface area contributed by atoms with Crippen molar-refractivity contribution in [3.05, 3.63) is 83.9 Å². The van der Waals surface area contributed by atoms with Gasteiger partial charge in [0.05, 0.1) is 11.1 Å². The van der Waals surface area contributed by atoms with Gasteiger partial charge in [0.2, 0.25) is 0 Å². The van der Waals surface area contributed by atoms with E-state index in [1.165, 1.54) is 6.07 Å². The zero-order valence-electron chi connectivity index (χ0n) is 19.5. The zero-order chi connectivity index (χ0) is 25.3. The lowest BCUT2D eigenvalue weighted by atomic mass is 10.1. The van der Waals surface area contributed by atoms with E-state index in [9.17, 15) is 18.0 Å². The van der Waals surface area contributed by atoms with Crippen LogP contribution in [0.5, 0.6) is 17.2 Å². The van der Waals surface area contributed by atoms with Crippen LogP contribution in [0.15, 0.2) is 77.8 Å². The lowest BCUT2D eigenvalue weighted by molar-refractivity contribution is -0.138. The van der Waals surface area contributed by atoms with E-state index < -0.39 is 11.7 Å². The van der Waals surface area contributed by atoms with E-state index in [-0.39, 0.29) is 24.3 Å². The number of carbonyl (C=O) groups is 1. The Labute approximate surface area is 206 Å². The van der Waals surface area contributed by atoms with Crippen molar-refractivity contribution in [2.24, 2.45) is 4.99 Å². The van der Waals surface area contributed by atoms with E-state index in [1.807, 2.05) is 42.2 Å². The highest BCUT2D eigenvalue weighted by atomic mass is 19.4. The summed E-state index contributed by atoms with van der Waals surface area (Å²) in [4.78, 5) is 21.4. The van der Waals surface area contributed by atoms with Crippen LogP contribution in [0.1, 0.15) is 18.1 Å². The van der Waals surface area contributed by atoms with Gasteiger partial charge in [-0.3, -0.25) is 4.79 Å². The van der Waals surface area contributed by atoms with Crippen molar-refractivity contribution in [3.63, 3.8) is 0 Å². The monoisotopic (exact) mass is 495 g/mol. The van der Waals surface area contributed by atoms with E-state index in [4.69, 9.17) is 14.5 Å². The first-order valence-corrected chi connectivity index (χ1v) is 11.6. The Morgan fingerprint density at radius 2 is 1.78 bits per heavy atom. The minimum absolute atomic E-state index is 0.0483. The van der Waals surface area contributed by atoms with Gasteiger partial charge in [-0.2, -0.15) is 13.2 Å². The lowest BCUT2D eigenvalue weighted by Crippen LogP contribution is -2.56. The van der Waals surface area contributed by atoms with Crippen molar-refractivity contribution in [1.82, 2.24) is 9.80 Å². The van der Waals surface area contributed by atoms with Crippen LogP contribution in [0.2, 0.25) is 0 Å². The van der Waals surface area contributed by atoms with Crippen LogP contribution in [0.3, 0.4) is 0 Å². The summed E-state index contributed by atoms with van der Waals surface area (Å²) in [5.41, 5.74) is 0.203. The smallest absolute Gasteiger partial charge is 0.416 e. The molecular formula is C27H24F3N3O3. The second-order valence-electron chi connectivity index (χ2n) is 8.70. The van der Waals surface area contributed by atoms with Gasteiger partial charge in [-0.15, -0.1) is 0 Å². The molecule has 2 aliphatic rings. The molecule has 0 bridgehead atoms. The summed E-state index contributed by atoms with van der Waals surface area (Å²) in [5.74, 6) is 1.60. The van der Waals surface area contributed by atoms with Gasteiger partial charge in [0, 0.05) is 25.7 Å². The van der Waals surface area contributed by atoms with Crippen molar-refractivity contribution in [2.45, 2.75) is 19.1 Å². The molecule has 0 aromatic heterocycles. The number of fused-ring (bicyclic) bond motifs is 2. The molecule has 36 heavy (non-hydrogen) atoms. The first-order chi connectivity index (χ1) is 17.3. The van der Waals surface area contributed by atoms with Gasteiger partial charge in [-0.25, -0.2) is 4.99 Å². The predicted octanol–water partition coefficient (Wildman–Crippen LogP) is 5.50. The van der Waals surface area contributed by atoms with E-state index in [2.05, 4.69) is 0 Å². The number of alkyl halides is 3. The van der Waals surface area contributed by atoms with Crippen molar-refractivity contribution in [3.8, 4) is 17.2 Å². The van der Waals surface area contributed by atoms with Gasteiger partial charge < -0.3 is 19.3 Å². The largest absolute Gasteiger partial charge is 0.484 e. The molecule has 5 rings (SSSR count). The number of ether oxygens (including phenoxy) is 2. The van der Waals surface area contributed by atoms with Gasteiger partial charge in [-0.1, -0.05) is 30.3 Å². The Balaban J connectivity index is 1.37. The van der Waals surface area contributed by atoms with Crippen molar-refractivity contribution in [2.75, 3.05) is 26.2 Å². The van der Waals surface area contributed by atoms with E-state index in [1.54, 1.807) is 29.2 Å². The number of para-hydroxylation sites is 2. The topological polar surface area (TPSA) is 54.4 Å². The van der Waals surface area contributed by atoms with Gasteiger partial charge in [-0.05, 0) is 49.4 Å². The molecule has 1 atom stereocenters. The van der Waals surface area contributed by atoms with Gasteiger partial charge in [0.25, 0.3) is 5.91 Å². The quantitative estimate of drug-likeness (QED) is 0.482. The summed E-state index contributed by atoms with van der Waals surface area (Å²) in [7, 11) is 0. The molecule has 6 nitrogen and oxygen atoms in total. The predicted molar refractivity (Wildman–Crippen MR) is 129 cm³/mol. The molecule has 1 fully saturated rings. The number of amides is 1. The van der Waals surface area contributed by atoms with Gasteiger partial charge in [0.15, 0.2) is 12.4 Å². The second kappa shape index (κ2) is 9.56. The fourth-order valence-electron chi connectivity index (χ4n) is 4.40. The molecule has 0 spiro atoms. The highest BCUT2D eigenvalue weighted by molar-refractivity contribution is 6.04. The molecule has 3 aromatic carbocycles. The summed E-state index contributed by atoms with van der Waals surface area (Å²) in [6.07, 6.45) is -4.49. The fourth-order valence-corrected chi connectivity index (χ4v) is 4.40. The van der Waals surface area contributed by atoms with Crippen LogP contribution < -0.4 is 9.47 Å². The summed E-state index contributed by atoms with van der Waals surface area (Å²) in [6.45, 7) is 3.36. The summed E-state index contributed by atoms with van der Waals surface area (Å²) in [5, 5.41) is 0. The third-order valence-electron chi connectivity index (χ3n) is 6.21. The lowest BCUT2D eigenvalue weighted by Gasteiger charge is -2.41. The number of benzene rings is 3. The summed E-state index contributed by atoms with van der Waals surface area (Å²) in [6, 6.07) is 19.5. The maximum atomic E-state index is 13.3. The third-order valence-corrected chi connectivity index (χ3v) is 6.21. The number of hydrogen-bond donors (Lipinski definition) is 0. The number of aliphatic imine (C=N–C) groups is 1. The van der Waals surface area contributed by atoms with Crippen LogP contribution in [-0.2, 0) is 11.0 Å². The van der Waals surface area contributed by atoms with Crippen molar-refractivity contribution >= 4 is 17.4 Å². The van der Waals surface area contributed by atoms with Crippen LogP contribution in [-0.4, -0.2) is 53.8 Å². The highest BCUT2D eigenvalue weighted by Gasteiger charge is 2.34. The fraction of sp³-hybridized carbons (Fsp3) is 0.259. The molecule has 0 saturated carbocycles. The number of piperazine rings is 1. The molecule has 1 saturated heterocycles. The Morgan fingerprint density at radius 3 is 2.53 bits per heavy atom.